The highest BCUT2D eigenvalue weighted by Crippen LogP contribution is 2.24. The number of sulfone groups is 1. The molecule has 3 rings (SSSR count). The van der Waals surface area contributed by atoms with Gasteiger partial charge in [0.1, 0.15) is 5.75 Å². The van der Waals surface area contributed by atoms with Gasteiger partial charge in [0.15, 0.2) is 9.84 Å². The Kier molecular flexibility index (Phi) is 5.89. The Hall–Kier alpha value is -1.57. The molecule has 2 fully saturated rings. The number of rotatable bonds is 4. The van der Waals surface area contributed by atoms with Crippen molar-refractivity contribution in [1.82, 2.24) is 9.80 Å². The zero-order valence-electron chi connectivity index (χ0n) is 14.7. The summed E-state index contributed by atoms with van der Waals surface area (Å²) in [5.41, 5.74) is 0.753. The van der Waals surface area contributed by atoms with Crippen LogP contribution in [-0.4, -0.2) is 75.0 Å². The minimum atomic E-state index is -2.88. The lowest BCUT2D eigenvalue weighted by Gasteiger charge is -2.37. The van der Waals surface area contributed by atoms with E-state index in [1.807, 2.05) is 0 Å². The maximum atomic E-state index is 12.4. The van der Waals surface area contributed by atoms with Crippen LogP contribution in [0, 0.1) is 0 Å². The fraction of sp³-hybridized carbons (Fsp3) is 0.500. The summed E-state index contributed by atoms with van der Waals surface area (Å²) in [7, 11) is -1.31. The molecule has 1 aromatic carbocycles. The van der Waals surface area contributed by atoms with Crippen molar-refractivity contribution in [2.24, 2.45) is 0 Å². The van der Waals surface area contributed by atoms with Crippen molar-refractivity contribution in [3.05, 3.63) is 34.9 Å². The average Bonchev–Trinajstić information content (AvgIpc) is 3.00. The summed E-state index contributed by atoms with van der Waals surface area (Å²) < 4.78 is 28.5. The second-order valence-electron chi connectivity index (χ2n) is 6.64. The molecule has 6 nitrogen and oxygen atoms in total. The number of hydrogen-bond donors (Lipinski definition) is 0. The summed E-state index contributed by atoms with van der Waals surface area (Å²) >= 11 is 6.00. The third kappa shape index (κ3) is 4.58. The van der Waals surface area contributed by atoms with Crippen molar-refractivity contribution >= 4 is 33.4 Å². The molecule has 0 aromatic heterocycles. The lowest BCUT2D eigenvalue weighted by molar-refractivity contribution is -0.127. The highest BCUT2D eigenvalue weighted by Gasteiger charge is 2.34. The Labute approximate surface area is 159 Å². The first kappa shape index (κ1) is 19.2. The molecule has 0 bridgehead atoms. The highest BCUT2D eigenvalue weighted by molar-refractivity contribution is 7.91. The highest BCUT2D eigenvalue weighted by atomic mass is 35.5. The zero-order valence-corrected chi connectivity index (χ0v) is 16.3. The number of nitrogens with zero attached hydrogens (tertiary/aromatic N) is 2. The lowest BCUT2D eigenvalue weighted by Crippen LogP contribution is -2.52. The SMILES string of the molecule is COc1ccc(Cl)cc1/C=C/C(=O)N1CCN(C2CCS(=O)(=O)C2)CC1. The van der Waals surface area contributed by atoms with Gasteiger partial charge in [0, 0.05) is 48.9 Å². The molecule has 0 N–H and O–H groups in total. The molecular formula is C18H23ClN2O4S. The number of piperazine rings is 1. The van der Waals surface area contributed by atoms with Gasteiger partial charge in [-0.25, -0.2) is 8.42 Å². The number of ether oxygens (including phenoxy) is 1. The van der Waals surface area contributed by atoms with E-state index in [1.165, 1.54) is 6.08 Å². The molecule has 142 valence electrons. The van der Waals surface area contributed by atoms with Gasteiger partial charge in [0.2, 0.25) is 5.91 Å². The van der Waals surface area contributed by atoms with Gasteiger partial charge in [0.05, 0.1) is 18.6 Å². The predicted molar refractivity (Wildman–Crippen MR) is 102 cm³/mol. The van der Waals surface area contributed by atoms with E-state index < -0.39 is 9.84 Å². The van der Waals surface area contributed by atoms with Crippen LogP contribution in [0.5, 0.6) is 5.75 Å². The first-order valence-electron chi connectivity index (χ1n) is 8.63. The smallest absolute Gasteiger partial charge is 0.246 e. The molecule has 0 radical (unpaired) electrons. The van der Waals surface area contributed by atoms with Gasteiger partial charge in [0.25, 0.3) is 0 Å². The molecule has 0 saturated carbocycles. The molecule has 2 aliphatic rings. The van der Waals surface area contributed by atoms with Gasteiger partial charge >= 0.3 is 0 Å². The van der Waals surface area contributed by atoms with E-state index in [9.17, 15) is 13.2 Å². The van der Waals surface area contributed by atoms with Crippen LogP contribution in [0.4, 0.5) is 0 Å². The molecule has 2 aliphatic heterocycles. The minimum absolute atomic E-state index is 0.0641. The quantitative estimate of drug-likeness (QED) is 0.722. The number of benzene rings is 1. The molecule has 0 aliphatic carbocycles. The van der Waals surface area contributed by atoms with Gasteiger partial charge < -0.3 is 9.64 Å². The largest absolute Gasteiger partial charge is 0.496 e. The number of carbonyl (C=O) groups excluding carboxylic acids is 1. The van der Waals surface area contributed by atoms with E-state index in [0.29, 0.717) is 43.4 Å². The normalized spacial score (nSPS) is 23.5. The monoisotopic (exact) mass is 398 g/mol. The van der Waals surface area contributed by atoms with Crippen LogP contribution < -0.4 is 4.74 Å². The zero-order chi connectivity index (χ0) is 18.7. The van der Waals surface area contributed by atoms with E-state index >= 15 is 0 Å². The van der Waals surface area contributed by atoms with E-state index in [1.54, 1.807) is 36.3 Å². The summed E-state index contributed by atoms with van der Waals surface area (Å²) in [4.78, 5) is 16.4. The lowest BCUT2D eigenvalue weighted by atomic mass is 10.1. The van der Waals surface area contributed by atoms with E-state index in [4.69, 9.17) is 16.3 Å². The molecule has 0 spiro atoms. The third-order valence-electron chi connectivity index (χ3n) is 4.95. The molecule has 2 heterocycles. The Morgan fingerprint density at radius 1 is 1.27 bits per heavy atom. The van der Waals surface area contributed by atoms with Crippen molar-refractivity contribution in [1.29, 1.82) is 0 Å². The predicted octanol–water partition coefficient (Wildman–Crippen LogP) is 1.69. The minimum Gasteiger partial charge on any atom is -0.496 e. The van der Waals surface area contributed by atoms with E-state index in [0.717, 1.165) is 5.56 Å². The summed E-state index contributed by atoms with van der Waals surface area (Å²) in [6.45, 7) is 2.62. The number of carbonyl (C=O) groups is 1. The van der Waals surface area contributed by atoms with Crippen molar-refractivity contribution in [3.63, 3.8) is 0 Å². The van der Waals surface area contributed by atoms with E-state index in [2.05, 4.69) is 4.90 Å². The van der Waals surface area contributed by atoms with Gasteiger partial charge in [-0.2, -0.15) is 0 Å². The Morgan fingerprint density at radius 2 is 2.00 bits per heavy atom. The average molecular weight is 399 g/mol. The standard InChI is InChI=1S/C18H23ClN2O4S/c1-25-17-4-3-15(19)12-14(17)2-5-18(22)21-9-7-20(8-10-21)16-6-11-26(23,24)13-16/h2-5,12,16H,6-11,13H2,1H3/b5-2+. The molecule has 8 heteroatoms. The summed E-state index contributed by atoms with van der Waals surface area (Å²) in [6.07, 6.45) is 3.94. The van der Waals surface area contributed by atoms with Crippen molar-refractivity contribution in [2.45, 2.75) is 12.5 Å². The molecule has 2 saturated heterocycles. The molecule has 1 amide bonds. The molecular weight excluding hydrogens is 376 g/mol. The van der Waals surface area contributed by atoms with Crippen LogP contribution in [0.15, 0.2) is 24.3 Å². The second-order valence-corrected chi connectivity index (χ2v) is 9.30. The van der Waals surface area contributed by atoms with Crippen molar-refractivity contribution in [2.75, 3.05) is 44.8 Å². The Bertz CT molecular complexity index is 801. The van der Waals surface area contributed by atoms with Crippen LogP contribution in [0.3, 0.4) is 0 Å². The molecule has 1 aromatic rings. The summed E-state index contributed by atoms with van der Waals surface area (Å²) in [5, 5.41) is 0.582. The number of amides is 1. The number of hydrogen-bond acceptors (Lipinski definition) is 5. The van der Waals surface area contributed by atoms with Crippen LogP contribution >= 0.6 is 11.6 Å². The maximum Gasteiger partial charge on any atom is 0.246 e. The van der Waals surface area contributed by atoms with Crippen LogP contribution in [0.1, 0.15) is 12.0 Å². The third-order valence-corrected chi connectivity index (χ3v) is 6.93. The van der Waals surface area contributed by atoms with Crippen LogP contribution in [0.25, 0.3) is 6.08 Å². The van der Waals surface area contributed by atoms with Crippen molar-refractivity contribution < 1.29 is 17.9 Å². The fourth-order valence-electron chi connectivity index (χ4n) is 3.47. The van der Waals surface area contributed by atoms with Crippen molar-refractivity contribution in [3.8, 4) is 5.75 Å². The molecule has 1 atom stereocenters. The molecule has 1 unspecified atom stereocenters. The number of halogens is 1. The van der Waals surface area contributed by atoms with Gasteiger partial charge in [-0.3, -0.25) is 9.69 Å². The fourth-order valence-corrected chi connectivity index (χ4v) is 5.41. The first-order chi connectivity index (χ1) is 12.4. The topological polar surface area (TPSA) is 66.9 Å². The van der Waals surface area contributed by atoms with Gasteiger partial charge in [-0.05, 0) is 30.7 Å². The first-order valence-corrected chi connectivity index (χ1v) is 10.8. The maximum absolute atomic E-state index is 12.4. The molecule has 26 heavy (non-hydrogen) atoms. The second kappa shape index (κ2) is 7.98. The Morgan fingerprint density at radius 3 is 2.62 bits per heavy atom. The summed E-state index contributed by atoms with van der Waals surface area (Å²) in [5.74, 6) is 1.12. The summed E-state index contributed by atoms with van der Waals surface area (Å²) in [6, 6.07) is 5.36. The van der Waals surface area contributed by atoms with Gasteiger partial charge in [-0.1, -0.05) is 11.6 Å². The van der Waals surface area contributed by atoms with Crippen LogP contribution in [-0.2, 0) is 14.6 Å². The number of methoxy groups -OCH3 is 1. The Balaban J connectivity index is 1.56. The van der Waals surface area contributed by atoms with Gasteiger partial charge in [-0.15, -0.1) is 0 Å². The van der Waals surface area contributed by atoms with E-state index in [-0.39, 0.29) is 23.5 Å². The van der Waals surface area contributed by atoms with Crippen LogP contribution in [0.2, 0.25) is 5.02 Å².